The molecule has 190 valence electrons. The molecule has 0 unspecified atom stereocenters. The normalized spacial score (nSPS) is 14.1. The average Bonchev–Trinajstić information content (AvgIpc) is 2.76. The molecule has 4 rings (SSSR count). The Hall–Kier alpha value is -2.54. The summed E-state index contributed by atoms with van der Waals surface area (Å²) in [6.07, 6.45) is 0.966. The number of benzene rings is 2. The maximum absolute atomic E-state index is 12.2. The van der Waals surface area contributed by atoms with Crippen LogP contribution in [-0.2, 0) is 6.42 Å². The molecular formula is C27H37Cl2N5O. The highest BCUT2D eigenvalue weighted by Gasteiger charge is 2.19. The summed E-state index contributed by atoms with van der Waals surface area (Å²) in [5.74, 6) is 0. The third-order valence-electron chi connectivity index (χ3n) is 5.95. The van der Waals surface area contributed by atoms with E-state index in [1.807, 2.05) is 39.8 Å². The van der Waals surface area contributed by atoms with Crippen LogP contribution in [0.15, 0.2) is 54.6 Å². The van der Waals surface area contributed by atoms with Crippen LogP contribution in [0.3, 0.4) is 0 Å². The minimum atomic E-state index is -0.259. The van der Waals surface area contributed by atoms with Crippen molar-refractivity contribution in [3.63, 3.8) is 0 Å². The number of urea groups is 1. The van der Waals surface area contributed by atoms with E-state index in [0.29, 0.717) is 0 Å². The Bertz CT molecular complexity index is 1120. The number of rotatable bonds is 5. The zero-order chi connectivity index (χ0) is 23.4. The van der Waals surface area contributed by atoms with E-state index in [-0.39, 0.29) is 36.4 Å². The molecule has 1 aliphatic heterocycles. The van der Waals surface area contributed by atoms with Crippen LogP contribution in [0.1, 0.15) is 32.0 Å². The van der Waals surface area contributed by atoms with Crippen LogP contribution in [0, 0.1) is 6.92 Å². The molecule has 2 N–H and O–H groups in total. The summed E-state index contributed by atoms with van der Waals surface area (Å²) in [6.45, 7) is 13.1. The Labute approximate surface area is 221 Å². The molecule has 6 nitrogen and oxygen atoms in total. The fourth-order valence-corrected chi connectivity index (χ4v) is 4.32. The smallest absolute Gasteiger partial charge is 0.319 e. The third kappa shape index (κ3) is 7.99. The van der Waals surface area contributed by atoms with Gasteiger partial charge < -0.3 is 15.5 Å². The standard InChI is InChI=1S/C27H35N5O.2ClH/c1-20-11-12-23-24(28-20)9-6-10-25(23)32-17-15-31(16-18-32)14-13-21-7-5-8-22(19-21)29-26(33)30-27(2,3)4;;/h5-12,19H,13-18H2,1-4H3,(H2,29,30,33);2*1H. The van der Waals surface area contributed by atoms with Gasteiger partial charge in [0, 0.05) is 60.7 Å². The lowest BCUT2D eigenvalue weighted by atomic mass is 10.1. The number of carbonyl (C=O) groups is 1. The first-order valence-electron chi connectivity index (χ1n) is 11.8. The Kier molecular flexibility index (Phi) is 10.2. The molecule has 0 radical (unpaired) electrons. The molecule has 2 heterocycles. The average molecular weight is 519 g/mol. The molecule has 1 saturated heterocycles. The van der Waals surface area contributed by atoms with Gasteiger partial charge in [0.05, 0.1) is 5.52 Å². The summed E-state index contributed by atoms with van der Waals surface area (Å²) in [6, 6.07) is 18.7. The number of piperazine rings is 1. The summed E-state index contributed by atoms with van der Waals surface area (Å²) in [5.41, 5.74) is 5.22. The van der Waals surface area contributed by atoms with Crippen molar-refractivity contribution in [1.29, 1.82) is 0 Å². The number of halogens is 2. The van der Waals surface area contributed by atoms with Crippen molar-refractivity contribution in [3.05, 3.63) is 65.9 Å². The minimum Gasteiger partial charge on any atom is -0.368 e. The first kappa shape index (κ1) is 28.7. The summed E-state index contributed by atoms with van der Waals surface area (Å²) in [5, 5.41) is 7.11. The quantitative estimate of drug-likeness (QED) is 0.457. The predicted molar refractivity (Wildman–Crippen MR) is 152 cm³/mol. The number of carbonyl (C=O) groups excluding carboxylic acids is 1. The molecule has 3 aromatic rings. The number of nitrogens with one attached hydrogen (secondary N) is 2. The number of hydrogen-bond acceptors (Lipinski definition) is 4. The minimum absolute atomic E-state index is 0. The van der Waals surface area contributed by atoms with Gasteiger partial charge >= 0.3 is 6.03 Å². The summed E-state index contributed by atoms with van der Waals surface area (Å²) in [4.78, 5) is 21.8. The van der Waals surface area contributed by atoms with E-state index in [1.54, 1.807) is 0 Å². The number of aryl methyl sites for hydroxylation is 1. The molecular weight excluding hydrogens is 481 g/mol. The summed E-state index contributed by atoms with van der Waals surface area (Å²) < 4.78 is 0. The zero-order valence-electron chi connectivity index (χ0n) is 21.0. The van der Waals surface area contributed by atoms with E-state index >= 15 is 0 Å². The van der Waals surface area contributed by atoms with E-state index in [9.17, 15) is 4.79 Å². The second-order valence-electron chi connectivity index (χ2n) is 9.90. The maximum atomic E-state index is 12.2. The van der Waals surface area contributed by atoms with E-state index < -0.39 is 0 Å². The molecule has 0 atom stereocenters. The lowest BCUT2D eigenvalue weighted by molar-refractivity contribution is 0.244. The van der Waals surface area contributed by atoms with Crippen LogP contribution in [0.4, 0.5) is 16.2 Å². The topological polar surface area (TPSA) is 60.5 Å². The van der Waals surface area contributed by atoms with Gasteiger partial charge in [-0.2, -0.15) is 0 Å². The lowest BCUT2D eigenvalue weighted by Crippen LogP contribution is -2.47. The second-order valence-corrected chi connectivity index (χ2v) is 9.90. The molecule has 0 spiro atoms. The van der Waals surface area contributed by atoms with Gasteiger partial charge in [-0.3, -0.25) is 9.88 Å². The van der Waals surface area contributed by atoms with Gasteiger partial charge in [0.25, 0.3) is 0 Å². The first-order chi connectivity index (χ1) is 15.8. The van der Waals surface area contributed by atoms with Gasteiger partial charge in [0.1, 0.15) is 0 Å². The largest absolute Gasteiger partial charge is 0.368 e. The van der Waals surface area contributed by atoms with Crippen LogP contribution in [-0.4, -0.2) is 54.2 Å². The molecule has 0 aliphatic carbocycles. The molecule has 0 saturated carbocycles. The highest BCUT2D eigenvalue weighted by atomic mass is 35.5. The summed E-state index contributed by atoms with van der Waals surface area (Å²) in [7, 11) is 0. The Morgan fingerprint density at radius 1 is 0.971 bits per heavy atom. The van der Waals surface area contributed by atoms with E-state index in [0.717, 1.165) is 56.0 Å². The molecule has 8 heteroatoms. The van der Waals surface area contributed by atoms with Crippen molar-refractivity contribution >= 4 is 53.1 Å². The van der Waals surface area contributed by atoms with Crippen molar-refractivity contribution in [1.82, 2.24) is 15.2 Å². The van der Waals surface area contributed by atoms with Crippen LogP contribution in [0.25, 0.3) is 10.9 Å². The number of fused-ring (bicyclic) bond motifs is 1. The molecule has 1 fully saturated rings. The van der Waals surface area contributed by atoms with Gasteiger partial charge in [-0.25, -0.2) is 4.79 Å². The molecule has 35 heavy (non-hydrogen) atoms. The van der Waals surface area contributed by atoms with E-state index in [1.165, 1.54) is 16.6 Å². The Balaban J connectivity index is 0.00000216. The number of hydrogen-bond donors (Lipinski definition) is 2. The van der Waals surface area contributed by atoms with Gasteiger partial charge in [-0.1, -0.05) is 18.2 Å². The van der Waals surface area contributed by atoms with Gasteiger partial charge in [-0.15, -0.1) is 24.8 Å². The van der Waals surface area contributed by atoms with Crippen molar-refractivity contribution in [2.24, 2.45) is 0 Å². The summed E-state index contributed by atoms with van der Waals surface area (Å²) >= 11 is 0. The second kappa shape index (κ2) is 12.4. The SMILES string of the molecule is Cc1ccc2c(N3CCN(CCc4cccc(NC(=O)NC(C)(C)C)c4)CC3)cccc2n1.Cl.Cl. The highest BCUT2D eigenvalue weighted by Crippen LogP contribution is 2.27. The Morgan fingerprint density at radius 3 is 2.40 bits per heavy atom. The van der Waals surface area contributed by atoms with Crippen molar-refractivity contribution in [2.45, 2.75) is 39.7 Å². The third-order valence-corrected chi connectivity index (χ3v) is 5.95. The predicted octanol–water partition coefficient (Wildman–Crippen LogP) is 5.67. The molecule has 0 bridgehead atoms. The van der Waals surface area contributed by atoms with Gasteiger partial charge in [0.2, 0.25) is 0 Å². The number of amides is 2. The van der Waals surface area contributed by atoms with E-state index in [4.69, 9.17) is 0 Å². The maximum Gasteiger partial charge on any atom is 0.319 e. The number of pyridine rings is 1. The monoisotopic (exact) mass is 517 g/mol. The fraction of sp³-hybridized carbons (Fsp3) is 0.407. The fourth-order valence-electron chi connectivity index (χ4n) is 4.32. The lowest BCUT2D eigenvalue weighted by Gasteiger charge is -2.36. The van der Waals surface area contributed by atoms with Crippen LogP contribution in [0.2, 0.25) is 0 Å². The number of aromatic nitrogens is 1. The van der Waals surface area contributed by atoms with Gasteiger partial charge in [0.15, 0.2) is 0 Å². The van der Waals surface area contributed by atoms with Crippen molar-refractivity contribution < 1.29 is 4.79 Å². The van der Waals surface area contributed by atoms with Crippen molar-refractivity contribution in [2.75, 3.05) is 42.9 Å². The van der Waals surface area contributed by atoms with Gasteiger partial charge in [-0.05, 0) is 76.1 Å². The molecule has 1 aliphatic rings. The molecule has 2 amide bonds. The van der Waals surface area contributed by atoms with Crippen molar-refractivity contribution in [3.8, 4) is 0 Å². The molecule has 1 aromatic heterocycles. The number of anilines is 2. The highest BCUT2D eigenvalue weighted by molar-refractivity contribution is 5.92. The van der Waals surface area contributed by atoms with Crippen LogP contribution >= 0.6 is 24.8 Å². The Morgan fingerprint density at radius 2 is 1.69 bits per heavy atom. The van der Waals surface area contributed by atoms with E-state index in [2.05, 4.69) is 67.9 Å². The van der Waals surface area contributed by atoms with Crippen LogP contribution < -0.4 is 15.5 Å². The number of nitrogens with zero attached hydrogens (tertiary/aromatic N) is 3. The van der Waals surface area contributed by atoms with Crippen LogP contribution in [0.5, 0.6) is 0 Å². The first-order valence-corrected chi connectivity index (χ1v) is 11.8. The zero-order valence-corrected chi connectivity index (χ0v) is 22.6. The molecule has 2 aromatic carbocycles.